The van der Waals surface area contributed by atoms with E-state index in [0.29, 0.717) is 32.5 Å². The van der Waals surface area contributed by atoms with Crippen LogP contribution in [0.1, 0.15) is 37.9 Å². The first-order chi connectivity index (χ1) is 16.4. The van der Waals surface area contributed by atoms with Crippen molar-refractivity contribution >= 4 is 12.0 Å². The molecule has 3 atom stereocenters. The van der Waals surface area contributed by atoms with Crippen LogP contribution >= 0.6 is 0 Å². The minimum Gasteiger partial charge on any atom is -0.445 e. The summed E-state index contributed by atoms with van der Waals surface area (Å²) < 4.78 is 13.4. The molecule has 186 valence electrons. The Balaban J connectivity index is 1.71. The molecule has 0 aliphatic carbocycles. The second-order valence-electron chi connectivity index (χ2n) is 8.88. The second-order valence-corrected chi connectivity index (χ2v) is 8.88. The molecule has 10 heteroatoms. The van der Waals surface area contributed by atoms with Crippen LogP contribution in [0.15, 0.2) is 36.5 Å². The van der Waals surface area contributed by atoms with Crippen LogP contribution in [0, 0.1) is 5.92 Å². The van der Waals surface area contributed by atoms with E-state index in [9.17, 15) is 14.7 Å². The Labute approximate surface area is 200 Å². The van der Waals surface area contributed by atoms with Gasteiger partial charge >= 0.3 is 6.09 Å². The van der Waals surface area contributed by atoms with Gasteiger partial charge in [-0.25, -0.2) is 9.48 Å². The molecule has 1 aromatic heterocycles. The number of aryl methyl sites for hydroxylation is 1. The van der Waals surface area contributed by atoms with E-state index in [1.54, 1.807) is 22.8 Å². The van der Waals surface area contributed by atoms with Crippen molar-refractivity contribution in [1.29, 1.82) is 0 Å². The monoisotopic (exact) mass is 473 g/mol. The molecule has 2 amide bonds. The van der Waals surface area contributed by atoms with Gasteiger partial charge in [0.1, 0.15) is 6.61 Å². The largest absolute Gasteiger partial charge is 0.445 e. The van der Waals surface area contributed by atoms with Gasteiger partial charge in [0, 0.05) is 32.5 Å². The fraction of sp³-hybridized carbons (Fsp3) is 0.583. The number of hydrogen-bond acceptors (Lipinski definition) is 7. The third kappa shape index (κ3) is 7.01. The van der Waals surface area contributed by atoms with E-state index >= 15 is 0 Å². The summed E-state index contributed by atoms with van der Waals surface area (Å²) >= 11 is 0. The van der Waals surface area contributed by atoms with Crippen LogP contribution in [0.25, 0.3) is 0 Å². The maximum atomic E-state index is 12.9. The van der Waals surface area contributed by atoms with Gasteiger partial charge in [-0.05, 0) is 18.9 Å². The zero-order valence-electron chi connectivity index (χ0n) is 20.2. The third-order valence-corrected chi connectivity index (χ3v) is 6.11. The molecule has 1 aliphatic rings. The van der Waals surface area contributed by atoms with E-state index in [0.717, 1.165) is 11.3 Å². The summed E-state index contributed by atoms with van der Waals surface area (Å²) in [5, 5.41) is 17.8. The Morgan fingerprint density at radius 3 is 2.85 bits per heavy atom. The van der Waals surface area contributed by atoms with E-state index in [-0.39, 0.29) is 43.7 Å². The predicted molar refractivity (Wildman–Crippen MR) is 125 cm³/mol. The SMILES string of the molecule is C[C@H]1CN([C@@H](C)CO)C(=O)CCCn2nncc2CO[C@@H]1CN(C)C(=O)OCc1ccccc1. The van der Waals surface area contributed by atoms with Crippen LogP contribution in [0.4, 0.5) is 4.79 Å². The Morgan fingerprint density at radius 2 is 2.12 bits per heavy atom. The van der Waals surface area contributed by atoms with Gasteiger partial charge < -0.3 is 24.4 Å². The Bertz CT molecular complexity index is 921. The second kappa shape index (κ2) is 12.5. The molecule has 2 aromatic rings. The van der Waals surface area contributed by atoms with E-state index < -0.39 is 6.09 Å². The molecule has 0 bridgehead atoms. The van der Waals surface area contributed by atoms with Gasteiger partial charge in [-0.15, -0.1) is 5.10 Å². The maximum Gasteiger partial charge on any atom is 0.409 e. The third-order valence-electron chi connectivity index (χ3n) is 6.11. The lowest BCUT2D eigenvalue weighted by molar-refractivity contribution is -0.136. The summed E-state index contributed by atoms with van der Waals surface area (Å²) in [5.41, 5.74) is 1.73. The van der Waals surface area contributed by atoms with Crippen LogP contribution in [0.5, 0.6) is 0 Å². The Morgan fingerprint density at radius 1 is 1.35 bits per heavy atom. The van der Waals surface area contributed by atoms with E-state index in [4.69, 9.17) is 9.47 Å². The van der Waals surface area contributed by atoms with Crippen LogP contribution in [0.3, 0.4) is 0 Å². The van der Waals surface area contributed by atoms with Gasteiger partial charge in [0.05, 0.1) is 43.8 Å². The van der Waals surface area contributed by atoms with Crippen LogP contribution in [0.2, 0.25) is 0 Å². The minimum atomic E-state index is -0.450. The number of aliphatic hydroxyl groups excluding tert-OH is 1. The number of aromatic nitrogens is 3. The number of aliphatic hydroxyl groups is 1. The smallest absolute Gasteiger partial charge is 0.409 e. The average molecular weight is 474 g/mol. The highest BCUT2D eigenvalue weighted by Crippen LogP contribution is 2.18. The molecule has 2 heterocycles. The number of benzene rings is 1. The lowest BCUT2D eigenvalue weighted by Gasteiger charge is -2.35. The molecule has 10 nitrogen and oxygen atoms in total. The maximum absolute atomic E-state index is 12.9. The number of hydrogen-bond donors (Lipinski definition) is 1. The van der Waals surface area contributed by atoms with Crippen molar-refractivity contribution in [3.63, 3.8) is 0 Å². The first-order valence-electron chi connectivity index (χ1n) is 11.7. The van der Waals surface area contributed by atoms with Gasteiger partial charge in [0.25, 0.3) is 0 Å². The molecule has 1 aromatic carbocycles. The van der Waals surface area contributed by atoms with Gasteiger partial charge in [0.15, 0.2) is 0 Å². The number of carbonyl (C=O) groups excluding carboxylic acids is 2. The number of ether oxygens (including phenoxy) is 2. The predicted octanol–water partition coefficient (Wildman–Crippen LogP) is 2.07. The topological polar surface area (TPSA) is 110 Å². The Hall–Kier alpha value is -2.98. The van der Waals surface area contributed by atoms with Crippen molar-refractivity contribution in [3.8, 4) is 0 Å². The molecular formula is C24H35N5O5. The van der Waals surface area contributed by atoms with Crippen LogP contribution < -0.4 is 0 Å². The lowest BCUT2D eigenvalue weighted by Crippen LogP contribution is -2.48. The fourth-order valence-electron chi connectivity index (χ4n) is 3.92. The summed E-state index contributed by atoms with van der Waals surface area (Å²) in [7, 11) is 1.67. The molecule has 0 fully saturated rings. The molecule has 3 rings (SSSR count). The number of amides is 2. The standard InChI is InChI=1S/C24H35N5O5/c1-18-13-28(19(2)15-30)23(31)10-7-11-29-21(12-25-26-29)17-33-22(18)14-27(3)24(32)34-16-20-8-5-4-6-9-20/h4-6,8-9,12,18-19,22,30H,7,10-11,13-17H2,1-3H3/t18-,19-,22+/m0/s1. The number of fused-ring (bicyclic) bond motifs is 1. The molecule has 1 N–H and O–H groups in total. The van der Waals surface area contributed by atoms with Crippen molar-refractivity contribution < 1.29 is 24.2 Å². The average Bonchev–Trinajstić information content (AvgIpc) is 3.29. The first kappa shape index (κ1) is 25.6. The van der Waals surface area contributed by atoms with Crippen LogP contribution in [-0.2, 0) is 34.0 Å². The zero-order valence-corrected chi connectivity index (χ0v) is 20.2. The number of carbonyl (C=O) groups is 2. The molecule has 1 aliphatic heterocycles. The highest BCUT2D eigenvalue weighted by molar-refractivity contribution is 5.76. The molecule has 34 heavy (non-hydrogen) atoms. The van der Waals surface area contributed by atoms with Crippen molar-refractivity contribution in [2.75, 3.05) is 26.7 Å². The normalized spacial score (nSPS) is 20.6. The summed E-state index contributed by atoms with van der Waals surface area (Å²) in [5.74, 6) is -0.129. The zero-order chi connectivity index (χ0) is 24.5. The van der Waals surface area contributed by atoms with Crippen molar-refractivity contribution in [1.82, 2.24) is 24.8 Å². The highest BCUT2D eigenvalue weighted by atomic mass is 16.6. The number of nitrogens with zero attached hydrogens (tertiary/aromatic N) is 5. The van der Waals surface area contributed by atoms with Gasteiger partial charge in [-0.3, -0.25) is 4.79 Å². The summed E-state index contributed by atoms with van der Waals surface area (Å²) in [6, 6.07) is 9.19. The number of rotatable bonds is 6. The Kier molecular flexibility index (Phi) is 9.41. The summed E-state index contributed by atoms with van der Waals surface area (Å²) in [6.45, 7) is 5.42. The molecular weight excluding hydrogens is 438 g/mol. The highest BCUT2D eigenvalue weighted by Gasteiger charge is 2.29. The van der Waals surface area contributed by atoms with Gasteiger partial charge in [-0.1, -0.05) is 42.5 Å². The van der Waals surface area contributed by atoms with Gasteiger partial charge in [-0.2, -0.15) is 0 Å². The molecule has 0 saturated carbocycles. The molecule has 0 spiro atoms. The van der Waals surface area contributed by atoms with Crippen LogP contribution in [-0.4, -0.2) is 80.8 Å². The quantitative estimate of drug-likeness (QED) is 0.684. The molecule has 0 saturated heterocycles. The summed E-state index contributed by atoms with van der Waals surface area (Å²) in [6.07, 6.45) is 1.81. The van der Waals surface area contributed by atoms with E-state index in [1.165, 1.54) is 4.90 Å². The fourth-order valence-corrected chi connectivity index (χ4v) is 3.92. The molecule has 0 radical (unpaired) electrons. The number of likely N-dealkylation sites (N-methyl/N-ethyl adjacent to an activating group) is 1. The van der Waals surface area contributed by atoms with Crippen molar-refractivity contribution in [3.05, 3.63) is 47.8 Å². The lowest BCUT2D eigenvalue weighted by atomic mass is 10.0. The van der Waals surface area contributed by atoms with E-state index in [1.807, 2.05) is 44.2 Å². The van der Waals surface area contributed by atoms with E-state index in [2.05, 4.69) is 10.3 Å². The minimum absolute atomic E-state index is 0.0231. The van der Waals surface area contributed by atoms with Crippen molar-refractivity contribution in [2.45, 2.75) is 58.6 Å². The van der Waals surface area contributed by atoms with Gasteiger partial charge in [0.2, 0.25) is 5.91 Å². The summed E-state index contributed by atoms with van der Waals surface area (Å²) in [4.78, 5) is 28.8. The first-order valence-corrected chi connectivity index (χ1v) is 11.7. The van der Waals surface area contributed by atoms with Crippen molar-refractivity contribution in [2.24, 2.45) is 5.92 Å². The molecule has 0 unspecified atom stereocenters.